The molecule has 164 valence electrons. The van der Waals surface area contributed by atoms with Crippen LogP contribution in [0.5, 0.6) is 5.75 Å². The first-order valence-corrected chi connectivity index (χ1v) is 11.7. The van der Waals surface area contributed by atoms with E-state index in [1.165, 1.54) is 11.3 Å². The Kier molecular flexibility index (Phi) is 5.15. The number of piperidine rings is 1. The number of rotatable bonds is 5. The zero-order valence-corrected chi connectivity index (χ0v) is 18.5. The van der Waals surface area contributed by atoms with Crippen LogP contribution in [0.4, 0.5) is 5.69 Å². The quantitative estimate of drug-likeness (QED) is 0.740. The molecule has 5 heteroatoms. The largest absolute Gasteiger partial charge is 0.487 e. The van der Waals surface area contributed by atoms with Gasteiger partial charge in [-0.3, -0.25) is 9.78 Å². The predicted molar refractivity (Wildman–Crippen MR) is 121 cm³/mol. The number of fused-ring (bicyclic) bond motifs is 1. The maximum atomic E-state index is 11.7. The van der Waals surface area contributed by atoms with Gasteiger partial charge in [0.25, 0.3) is 0 Å². The van der Waals surface area contributed by atoms with E-state index in [1.807, 2.05) is 20.0 Å². The lowest BCUT2D eigenvalue weighted by atomic mass is 9.80. The van der Waals surface area contributed by atoms with E-state index >= 15 is 0 Å². The second-order valence-electron chi connectivity index (χ2n) is 9.78. The minimum Gasteiger partial charge on any atom is -0.487 e. The van der Waals surface area contributed by atoms with E-state index in [4.69, 9.17) is 4.74 Å². The number of carboxylic acids is 1. The molecule has 3 aliphatic rings. The normalized spacial score (nSPS) is 21.8. The maximum absolute atomic E-state index is 11.7. The molecule has 1 aromatic heterocycles. The lowest BCUT2D eigenvalue weighted by Crippen LogP contribution is -2.49. The molecule has 2 fully saturated rings. The molecule has 0 bridgehead atoms. The fourth-order valence-electron chi connectivity index (χ4n) is 5.56. The van der Waals surface area contributed by atoms with Gasteiger partial charge in [-0.25, -0.2) is 0 Å². The third-order valence-electron chi connectivity index (χ3n) is 7.63. The van der Waals surface area contributed by atoms with Crippen LogP contribution in [-0.4, -0.2) is 34.8 Å². The Morgan fingerprint density at radius 1 is 1.19 bits per heavy atom. The molecule has 1 N–H and O–H groups in total. The summed E-state index contributed by atoms with van der Waals surface area (Å²) in [7, 11) is 0. The summed E-state index contributed by atoms with van der Waals surface area (Å²) in [6, 6.07) is 10.7. The number of hydrogen-bond donors (Lipinski definition) is 1. The van der Waals surface area contributed by atoms with Crippen molar-refractivity contribution < 1.29 is 14.6 Å². The summed E-state index contributed by atoms with van der Waals surface area (Å²) in [6.07, 6.45) is 8.26. The minimum absolute atomic E-state index is 0.0843. The number of anilines is 1. The van der Waals surface area contributed by atoms with E-state index in [2.05, 4.69) is 40.2 Å². The van der Waals surface area contributed by atoms with Crippen LogP contribution in [0.3, 0.4) is 0 Å². The number of aromatic nitrogens is 1. The Labute approximate surface area is 184 Å². The van der Waals surface area contributed by atoms with Gasteiger partial charge in [-0.1, -0.05) is 19.1 Å². The van der Waals surface area contributed by atoms with Gasteiger partial charge >= 0.3 is 5.97 Å². The first-order valence-electron chi connectivity index (χ1n) is 11.7. The van der Waals surface area contributed by atoms with E-state index in [0.717, 1.165) is 68.6 Å². The summed E-state index contributed by atoms with van der Waals surface area (Å²) >= 11 is 0. The molecule has 1 saturated heterocycles. The Hall–Kier alpha value is -2.56. The molecule has 1 aliphatic carbocycles. The van der Waals surface area contributed by atoms with Gasteiger partial charge < -0.3 is 14.7 Å². The summed E-state index contributed by atoms with van der Waals surface area (Å²) in [4.78, 5) is 18.5. The third-order valence-corrected chi connectivity index (χ3v) is 7.63. The lowest BCUT2D eigenvalue weighted by Gasteiger charge is -2.45. The molecule has 5 nitrogen and oxygen atoms in total. The Balaban J connectivity index is 1.33. The molecule has 1 spiro atoms. The molecule has 1 saturated carbocycles. The number of pyridine rings is 1. The van der Waals surface area contributed by atoms with Crippen LogP contribution < -0.4 is 9.64 Å². The van der Waals surface area contributed by atoms with Crippen molar-refractivity contribution in [3.8, 4) is 5.75 Å². The summed E-state index contributed by atoms with van der Waals surface area (Å²) in [5, 5.41) is 9.62. The predicted octanol–water partition coefficient (Wildman–Crippen LogP) is 4.97. The van der Waals surface area contributed by atoms with Crippen LogP contribution in [0.25, 0.3) is 0 Å². The van der Waals surface area contributed by atoms with E-state index in [0.29, 0.717) is 5.92 Å². The van der Waals surface area contributed by atoms with E-state index in [-0.39, 0.29) is 17.4 Å². The van der Waals surface area contributed by atoms with E-state index in [9.17, 15) is 9.90 Å². The monoisotopic (exact) mass is 420 g/mol. The van der Waals surface area contributed by atoms with Crippen molar-refractivity contribution in [2.24, 2.45) is 11.8 Å². The smallest absolute Gasteiger partial charge is 0.306 e. The summed E-state index contributed by atoms with van der Waals surface area (Å²) in [6.45, 7) is 5.86. The van der Waals surface area contributed by atoms with Crippen LogP contribution in [-0.2, 0) is 11.2 Å². The number of nitrogens with zero attached hydrogens (tertiary/aromatic N) is 2. The molecule has 3 heterocycles. The van der Waals surface area contributed by atoms with Crippen molar-refractivity contribution in [1.82, 2.24) is 4.98 Å². The molecule has 2 aromatic rings. The molecule has 0 unspecified atom stereocenters. The van der Waals surface area contributed by atoms with Gasteiger partial charge in [-0.15, -0.1) is 0 Å². The van der Waals surface area contributed by atoms with Gasteiger partial charge in [-0.2, -0.15) is 0 Å². The summed E-state index contributed by atoms with van der Waals surface area (Å²) < 4.78 is 6.71. The molecule has 0 amide bonds. The van der Waals surface area contributed by atoms with Crippen LogP contribution in [0.1, 0.15) is 61.8 Å². The molecule has 2 atom stereocenters. The van der Waals surface area contributed by atoms with Crippen molar-refractivity contribution in [3.05, 3.63) is 53.3 Å². The van der Waals surface area contributed by atoms with E-state index in [1.54, 1.807) is 0 Å². The van der Waals surface area contributed by atoms with Crippen molar-refractivity contribution in [3.63, 3.8) is 0 Å². The van der Waals surface area contributed by atoms with Crippen molar-refractivity contribution in [2.45, 2.75) is 63.9 Å². The summed E-state index contributed by atoms with van der Waals surface area (Å²) in [5.74, 6) is 0.496. The number of carbonyl (C=O) groups is 1. The average molecular weight is 421 g/mol. The van der Waals surface area contributed by atoms with Gasteiger partial charge in [0.05, 0.1) is 5.92 Å². The fourth-order valence-corrected chi connectivity index (χ4v) is 5.56. The molecule has 2 aliphatic heterocycles. The Morgan fingerprint density at radius 2 is 1.97 bits per heavy atom. The zero-order chi connectivity index (χ0) is 21.6. The Morgan fingerprint density at radius 3 is 2.65 bits per heavy atom. The van der Waals surface area contributed by atoms with Gasteiger partial charge in [0.1, 0.15) is 11.4 Å². The van der Waals surface area contributed by atoms with Crippen molar-refractivity contribution in [1.29, 1.82) is 0 Å². The first-order chi connectivity index (χ1) is 14.9. The molecular weight excluding hydrogens is 388 g/mol. The standard InChI is InChI=1S/C26H32N2O3/c1-17-15-22(8-12-27-17)28-13-10-26(11-14-28)9-7-19-3-6-21(16-23(19)31-26)24(20-4-5-20)18(2)25(29)30/h3,6,8,12,15-16,18,20,24H,4-5,7,9-11,13-14H2,1-2H3,(H,29,30)/t18-,24-/m0/s1. The van der Waals surface area contributed by atoms with Gasteiger partial charge in [0.15, 0.2) is 0 Å². The number of hydrogen-bond acceptors (Lipinski definition) is 4. The first kappa shape index (κ1) is 20.3. The zero-order valence-electron chi connectivity index (χ0n) is 18.5. The minimum atomic E-state index is -0.703. The van der Waals surface area contributed by atoms with Crippen molar-refractivity contribution in [2.75, 3.05) is 18.0 Å². The molecule has 31 heavy (non-hydrogen) atoms. The van der Waals surface area contributed by atoms with Gasteiger partial charge in [0.2, 0.25) is 0 Å². The fraction of sp³-hybridized carbons (Fsp3) is 0.538. The molecule has 5 rings (SSSR count). The van der Waals surface area contributed by atoms with Crippen molar-refractivity contribution >= 4 is 11.7 Å². The van der Waals surface area contributed by atoms with Gasteiger partial charge in [-0.05, 0) is 73.8 Å². The third kappa shape index (κ3) is 4.02. The Bertz CT molecular complexity index is 976. The highest BCUT2D eigenvalue weighted by Crippen LogP contribution is 2.48. The van der Waals surface area contributed by atoms with E-state index < -0.39 is 5.97 Å². The number of ether oxygens (including phenoxy) is 1. The second-order valence-corrected chi connectivity index (χ2v) is 9.78. The maximum Gasteiger partial charge on any atom is 0.306 e. The van der Waals surface area contributed by atoms with Gasteiger partial charge in [0, 0.05) is 43.5 Å². The highest BCUT2D eigenvalue weighted by molar-refractivity contribution is 5.71. The molecular formula is C26H32N2O3. The van der Waals surface area contributed by atoms with Crippen LogP contribution >= 0.6 is 0 Å². The second kappa shape index (κ2) is 7.85. The highest BCUT2D eigenvalue weighted by atomic mass is 16.5. The topological polar surface area (TPSA) is 62.7 Å². The summed E-state index contributed by atoms with van der Waals surface area (Å²) in [5.41, 5.74) is 4.60. The highest BCUT2D eigenvalue weighted by Gasteiger charge is 2.42. The number of aliphatic carboxylic acids is 1. The SMILES string of the molecule is Cc1cc(N2CCC3(CCc4ccc([C@H](C5CC5)[C@H](C)C(=O)O)cc4O3)CC2)ccn1. The molecule has 0 radical (unpaired) electrons. The molecule has 1 aromatic carbocycles. The average Bonchev–Trinajstić information content (AvgIpc) is 3.59. The lowest BCUT2D eigenvalue weighted by molar-refractivity contribution is -0.142. The van der Waals surface area contributed by atoms with Crippen LogP contribution in [0, 0.1) is 18.8 Å². The van der Waals surface area contributed by atoms with Crippen LogP contribution in [0.2, 0.25) is 0 Å². The number of aryl methyl sites for hydroxylation is 2. The number of carboxylic acid groups (broad SMARTS) is 1. The van der Waals surface area contributed by atoms with Crippen LogP contribution in [0.15, 0.2) is 36.5 Å². The number of benzene rings is 1.